The highest BCUT2D eigenvalue weighted by Gasteiger charge is 2.26. The van der Waals surface area contributed by atoms with Crippen molar-refractivity contribution in [3.63, 3.8) is 0 Å². The Morgan fingerprint density at radius 2 is 2.48 bits per heavy atom. The number of rotatable bonds is 3. The van der Waals surface area contributed by atoms with Crippen LogP contribution in [0.15, 0.2) is 40.2 Å². The van der Waals surface area contributed by atoms with E-state index in [2.05, 4.69) is 40.0 Å². The number of carbonyl (C=O) groups excluding carboxylic acids is 1. The van der Waals surface area contributed by atoms with E-state index in [0.29, 0.717) is 12.5 Å². The highest BCUT2D eigenvalue weighted by atomic mass is 16.2. The largest absolute Gasteiger partial charge is 0.367 e. The molecule has 0 bridgehead atoms. The normalized spacial score (nSPS) is 26.8. The number of amides is 1. The van der Waals surface area contributed by atoms with Gasteiger partial charge in [-0.05, 0) is 31.3 Å². The molecule has 122 valence electrons. The van der Waals surface area contributed by atoms with Crippen LogP contribution in [-0.2, 0) is 4.79 Å². The number of fused-ring (bicyclic) bond motifs is 1. The van der Waals surface area contributed by atoms with Crippen LogP contribution in [0, 0.1) is 5.92 Å². The smallest absolute Gasteiger partial charge is 0.246 e. The molecule has 6 heteroatoms. The summed E-state index contributed by atoms with van der Waals surface area (Å²) in [4.78, 5) is 22.5. The molecule has 0 radical (unpaired) electrons. The van der Waals surface area contributed by atoms with Crippen LogP contribution in [0.2, 0.25) is 0 Å². The van der Waals surface area contributed by atoms with E-state index in [-0.39, 0.29) is 11.9 Å². The summed E-state index contributed by atoms with van der Waals surface area (Å²) in [5.41, 5.74) is 1.10. The van der Waals surface area contributed by atoms with Gasteiger partial charge in [0.15, 0.2) is 5.84 Å². The molecular weight excluding hydrogens is 290 g/mol. The van der Waals surface area contributed by atoms with Crippen molar-refractivity contribution in [2.45, 2.75) is 32.2 Å². The first-order valence-corrected chi connectivity index (χ1v) is 8.17. The van der Waals surface area contributed by atoms with E-state index in [0.717, 1.165) is 49.6 Å². The first-order chi connectivity index (χ1) is 11.2. The fourth-order valence-electron chi connectivity index (χ4n) is 3.28. The maximum atomic E-state index is 12.0. The maximum absolute atomic E-state index is 12.0. The molecule has 0 spiro atoms. The summed E-state index contributed by atoms with van der Waals surface area (Å²) in [5.74, 6) is 5.11. The van der Waals surface area contributed by atoms with Gasteiger partial charge in [-0.3, -0.25) is 9.79 Å². The average Bonchev–Trinajstić information content (AvgIpc) is 2.83. The van der Waals surface area contributed by atoms with E-state index in [4.69, 9.17) is 0 Å². The van der Waals surface area contributed by atoms with Crippen LogP contribution >= 0.6 is 0 Å². The van der Waals surface area contributed by atoms with Crippen LogP contribution in [-0.4, -0.2) is 48.2 Å². The van der Waals surface area contributed by atoms with Crippen LogP contribution in [0.5, 0.6) is 0 Å². The van der Waals surface area contributed by atoms with E-state index in [1.54, 1.807) is 6.20 Å². The molecule has 0 aliphatic carbocycles. The maximum Gasteiger partial charge on any atom is 0.246 e. The monoisotopic (exact) mass is 313 g/mol. The summed E-state index contributed by atoms with van der Waals surface area (Å²) in [5, 5.41) is 6.80. The molecule has 3 aliphatic heterocycles. The molecule has 1 saturated heterocycles. The molecule has 2 atom stereocenters. The van der Waals surface area contributed by atoms with Gasteiger partial charge < -0.3 is 15.5 Å². The molecule has 3 heterocycles. The summed E-state index contributed by atoms with van der Waals surface area (Å²) in [6.45, 7) is 8.09. The second-order valence-corrected chi connectivity index (χ2v) is 6.30. The van der Waals surface area contributed by atoms with Gasteiger partial charge >= 0.3 is 0 Å². The van der Waals surface area contributed by atoms with Crippen molar-refractivity contribution in [3.8, 4) is 0 Å². The fourth-order valence-corrected chi connectivity index (χ4v) is 3.28. The van der Waals surface area contributed by atoms with Crippen LogP contribution in [0.4, 0.5) is 0 Å². The number of amidine groups is 1. The Morgan fingerprint density at radius 1 is 1.61 bits per heavy atom. The molecule has 0 saturated carbocycles. The molecule has 23 heavy (non-hydrogen) atoms. The van der Waals surface area contributed by atoms with E-state index < -0.39 is 0 Å². The minimum Gasteiger partial charge on any atom is -0.367 e. The third kappa shape index (κ3) is 3.54. The first kappa shape index (κ1) is 15.6. The minimum absolute atomic E-state index is 0.00345. The zero-order chi connectivity index (χ0) is 16.2. The van der Waals surface area contributed by atoms with Crippen molar-refractivity contribution >= 4 is 17.6 Å². The third-order valence-corrected chi connectivity index (χ3v) is 4.50. The number of carbonyl (C=O) groups is 1. The van der Waals surface area contributed by atoms with Crippen LogP contribution in [0.25, 0.3) is 0 Å². The molecule has 0 aromatic heterocycles. The topological polar surface area (TPSA) is 69.1 Å². The molecule has 0 unspecified atom stereocenters. The first-order valence-electron chi connectivity index (χ1n) is 8.17. The zero-order valence-corrected chi connectivity index (χ0v) is 13.5. The molecule has 1 amide bonds. The lowest BCUT2D eigenvalue weighted by molar-refractivity contribution is -0.126. The second kappa shape index (κ2) is 6.84. The fraction of sp³-hybridized carbons (Fsp3) is 0.529. The van der Waals surface area contributed by atoms with Gasteiger partial charge in [0, 0.05) is 37.1 Å². The van der Waals surface area contributed by atoms with E-state index in [9.17, 15) is 4.79 Å². The summed E-state index contributed by atoms with van der Waals surface area (Å²) < 4.78 is 0. The molecular formula is C17H23N5O. The predicted octanol–water partition coefficient (Wildman–Crippen LogP) is 1.19. The summed E-state index contributed by atoms with van der Waals surface area (Å²) in [7, 11) is 0. The van der Waals surface area contributed by atoms with Gasteiger partial charge in [0.2, 0.25) is 5.91 Å². The SMILES string of the molecule is C=CC(=O)N1CC[C@@H](C)C[C@@H](NC2=C3CCN=C3N=C=CN2)C1. The van der Waals surface area contributed by atoms with Crippen LogP contribution in [0.3, 0.4) is 0 Å². The van der Waals surface area contributed by atoms with Gasteiger partial charge in [-0.25, -0.2) is 0 Å². The van der Waals surface area contributed by atoms with Gasteiger partial charge in [0.1, 0.15) is 5.82 Å². The summed E-state index contributed by atoms with van der Waals surface area (Å²) in [6, 6.07) is 0.194. The Labute approximate surface area is 136 Å². The van der Waals surface area contributed by atoms with Crippen LogP contribution < -0.4 is 10.6 Å². The van der Waals surface area contributed by atoms with E-state index in [1.165, 1.54) is 6.08 Å². The van der Waals surface area contributed by atoms with Crippen molar-refractivity contribution in [1.82, 2.24) is 15.5 Å². The van der Waals surface area contributed by atoms with Gasteiger partial charge in [-0.1, -0.05) is 13.5 Å². The number of aliphatic imine (C=N–C) groups is 2. The Bertz CT molecular complexity index is 627. The predicted molar refractivity (Wildman–Crippen MR) is 91.2 cm³/mol. The molecule has 3 rings (SSSR count). The Morgan fingerprint density at radius 3 is 3.30 bits per heavy atom. The number of nitrogens with one attached hydrogen (secondary N) is 2. The van der Waals surface area contributed by atoms with E-state index in [1.807, 2.05) is 4.90 Å². The lowest BCUT2D eigenvalue weighted by Crippen LogP contribution is -2.44. The van der Waals surface area contributed by atoms with Crippen molar-refractivity contribution in [2.24, 2.45) is 15.9 Å². The van der Waals surface area contributed by atoms with E-state index >= 15 is 0 Å². The molecule has 2 N–H and O–H groups in total. The minimum atomic E-state index is 0.00345. The van der Waals surface area contributed by atoms with Crippen molar-refractivity contribution in [3.05, 3.63) is 30.2 Å². The Balaban J connectivity index is 1.77. The van der Waals surface area contributed by atoms with Crippen molar-refractivity contribution in [2.75, 3.05) is 19.6 Å². The van der Waals surface area contributed by atoms with Crippen molar-refractivity contribution in [1.29, 1.82) is 0 Å². The summed E-state index contributed by atoms with van der Waals surface area (Å²) >= 11 is 0. The zero-order valence-electron chi connectivity index (χ0n) is 13.5. The summed E-state index contributed by atoms with van der Waals surface area (Å²) in [6.07, 6.45) is 6.02. The van der Waals surface area contributed by atoms with Crippen LogP contribution in [0.1, 0.15) is 26.2 Å². The highest BCUT2D eigenvalue weighted by Crippen LogP contribution is 2.21. The number of hydrogen-bond donors (Lipinski definition) is 2. The highest BCUT2D eigenvalue weighted by molar-refractivity contribution is 6.04. The lowest BCUT2D eigenvalue weighted by Gasteiger charge is -2.26. The van der Waals surface area contributed by atoms with Crippen molar-refractivity contribution < 1.29 is 4.79 Å². The Hall–Kier alpha value is -2.33. The standard InChI is InChI=1S/C17H23N5O/c1-3-15(23)22-9-5-12(2)10-13(11-22)21-17-14-4-6-18-16(14)19-7-8-20-17/h3,8,12-13,20-21H,1,4-6,9-11H2,2H3/t12-,13-/m1/s1. The molecule has 0 aromatic rings. The third-order valence-electron chi connectivity index (χ3n) is 4.50. The second-order valence-electron chi connectivity index (χ2n) is 6.30. The van der Waals surface area contributed by atoms with Gasteiger partial charge in [0.05, 0.1) is 6.20 Å². The number of hydrogen-bond acceptors (Lipinski definition) is 5. The molecule has 3 aliphatic rings. The quantitative estimate of drug-likeness (QED) is 0.769. The average molecular weight is 313 g/mol. The number of nitrogens with zero attached hydrogens (tertiary/aromatic N) is 3. The molecule has 1 fully saturated rings. The van der Waals surface area contributed by atoms with Gasteiger partial charge in [-0.2, -0.15) is 4.99 Å². The van der Waals surface area contributed by atoms with Gasteiger partial charge in [-0.15, -0.1) is 0 Å². The Kier molecular flexibility index (Phi) is 4.63. The molecule has 6 nitrogen and oxygen atoms in total. The lowest BCUT2D eigenvalue weighted by atomic mass is 10.0. The van der Waals surface area contributed by atoms with Gasteiger partial charge in [0.25, 0.3) is 0 Å². The molecule has 0 aromatic carbocycles. The number of likely N-dealkylation sites (tertiary alicyclic amines) is 1.